The molecule has 0 aromatic carbocycles. The Balaban J connectivity index is 2.22. The van der Waals surface area contributed by atoms with E-state index < -0.39 is 0 Å². The highest BCUT2D eigenvalue weighted by atomic mass is 16.5. The average Bonchev–Trinajstić information content (AvgIpc) is 3.04. The van der Waals surface area contributed by atoms with Crippen LogP contribution in [0.5, 0.6) is 5.88 Å². The van der Waals surface area contributed by atoms with Gasteiger partial charge in [-0.2, -0.15) is 5.26 Å². The molecule has 1 fully saturated rings. The van der Waals surface area contributed by atoms with Gasteiger partial charge in [0.1, 0.15) is 17.7 Å². The Morgan fingerprint density at radius 2 is 2.47 bits per heavy atom. The number of nitrogens with zero attached hydrogens (tertiary/aromatic N) is 2. The molecule has 0 spiro atoms. The molecule has 15 heavy (non-hydrogen) atoms. The summed E-state index contributed by atoms with van der Waals surface area (Å²) in [5.74, 6) is 0.344. The van der Waals surface area contributed by atoms with Crippen molar-refractivity contribution in [2.24, 2.45) is 0 Å². The fourth-order valence-electron chi connectivity index (χ4n) is 1.12. The van der Waals surface area contributed by atoms with Crippen LogP contribution < -0.4 is 10.1 Å². The lowest BCUT2D eigenvalue weighted by atomic mass is 10.3. The molecule has 2 rings (SSSR count). The highest BCUT2D eigenvalue weighted by Gasteiger charge is 2.25. The van der Waals surface area contributed by atoms with Crippen LogP contribution in [0.15, 0.2) is 12.3 Å². The van der Waals surface area contributed by atoms with Crippen molar-refractivity contribution in [2.75, 3.05) is 5.32 Å². The van der Waals surface area contributed by atoms with E-state index in [1.54, 1.807) is 6.07 Å². The number of hydrogen-bond donors (Lipinski definition) is 1. The maximum absolute atomic E-state index is 10.2. The van der Waals surface area contributed by atoms with Crippen LogP contribution in [-0.2, 0) is 4.79 Å². The van der Waals surface area contributed by atoms with Crippen LogP contribution in [0, 0.1) is 11.3 Å². The normalized spacial score (nSPS) is 14.1. The minimum Gasteiger partial charge on any atom is -0.473 e. The van der Waals surface area contributed by atoms with Gasteiger partial charge in [-0.25, -0.2) is 4.98 Å². The molecule has 0 bridgehead atoms. The summed E-state index contributed by atoms with van der Waals surface area (Å²) in [5, 5.41) is 11.3. The predicted octanol–water partition coefficient (Wildman–Crippen LogP) is 1.06. The molecule has 0 saturated heterocycles. The van der Waals surface area contributed by atoms with Gasteiger partial charge in [-0.15, -0.1) is 0 Å². The van der Waals surface area contributed by atoms with Crippen molar-refractivity contribution in [1.29, 1.82) is 5.26 Å². The topological polar surface area (TPSA) is 75.0 Å². The van der Waals surface area contributed by atoms with Crippen molar-refractivity contribution in [3.8, 4) is 11.9 Å². The molecule has 1 N–H and O–H groups in total. The van der Waals surface area contributed by atoms with Gasteiger partial charge < -0.3 is 10.1 Å². The quantitative estimate of drug-likeness (QED) is 0.742. The number of hydrogen-bond acceptors (Lipinski definition) is 4. The molecule has 0 atom stereocenters. The number of amides is 1. The van der Waals surface area contributed by atoms with Gasteiger partial charge in [-0.3, -0.25) is 4.79 Å². The molecule has 1 amide bonds. The summed E-state index contributed by atoms with van der Waals surface area (Å²) in [6.45, 7) is 0. The zero-order valence-corrected chi connectivity index (χ0v) is 7.93. The van der Waals surface area contributed by atoms with Gasteiger partial charge in [0.2, 0.25) is 12.3 Å². The fraction of sp³-hybridized carbons (Fsp3) is 0.300. The Labute approximate surface area is 86.7 Å². The molecule has 1 aromatic rings. The molecule has 1 aliphatic rings. The van der Waals surface area contributed by atoms with Gasteiger partial charge in [0.25, 0.3) is 0 Å². The van der Waals surface area contributed by atoms with E-state index in [1.165, 1.54) is 6.20 Å². The van der Waals surface area contributed by atoms with Crippen LogP contribution in [0.1, 0.15) is 18.4 Å². The van der Waals surface area contributed by atoms with E-state index in [0.717, 1.165) is 12.8 Å². The first-order chi connectivity index (χ1) is 7.33. The summed E-state index contributed by atoms with van der Waals surface area (Å²) in [6, 6.07) is 3.52. The summed E-state index contributed by atoms with van der Waals surface area (Å²) < 4.78 is 5.43. The minimum absolute atomic E-state index is 0.203. The van der Waals surface area contributed by atoms with Crippen LogP contribution in [0.4, 0.5) is 5.69 Å². The van der Waals surface area contributed by atoms with Crippen LogP contribution in [0.25, 0.3) is 0 Å². The second kappa shape index (κ2) is 3.96. The molecule has 1 aliphatic carbocycles. The van der Waals surface area contributed by atoms with E-state index >= 15 is 0 Å². The molecule has 0 aliphatic heterocycles. The van der Waals surface area contributed by atoms with Crippen LogP contribution in [0.3, 0.4) is 0 Å². The monoisotopic (exact) mass is 203 g/mol. The second-order valence-corrected chi connectivity index (χ2v) is 3.27. The van der Waals surface area contributed by atoms with E-state index in [2.05, 4.69) is 10.3 Å². The Kier molecular flexibility index (Phi) is 2.50. The first-order valence-corrected chi connectivity index (χ1v) is 4.60. The maximum atomic E-state index is 10.2. The van der Waals surface area contributed by atoms with Gasteiger partial charge in [-0.1, -0.05) is 0 Å². The minimum atomic E-state index is 0.203. The first-order valence-electron chi connectivity index (χ1n) is 4.60. The van der Waals surface area contributed by atoms with Crippen molar-refractivity contribution < 1.29 is 9.53 Å². The largest absolute Gasteiger partial charge is 0.473 e. The zero-order chi connectivity index (χ0) is 10.7. The highest BCUT2D eigenvalue weighted by Crippen LogP contribution is 2.28. The Morgan fingerprint density at radius 3 is 3.07 bits per heavy atom. The van der Waals surface area contributed by atoms with E-state index in [1.807, 2.05) is 6.07 Å². The van der Waals surface area contributed by atoms with E-state index in [-0.39, 0.29) is 6.10 Å². The SMILES string of the molecule is N#Cc1cc(NC=O)cnc1OC1CC1. The van der Waals surface area contributed by atoms with E-state index in [0.29, 0.717) is 23.5 Å². The van der Waals surface area contributed by atoms with E-state index in [9.17, 15) is 4.79 Å². The molecular formula is C10H9N3O2. The number of carbonyl (C=O) groups is 1. The number of ether oxygens (including phenoxy) is 1. The van der Waals surface area contributed by atoms with Crippen molar-refractivity contribution in [3.05, 3.63) is 17.8 Å². The molecule has 5 nitrogen and oxygen atoms in total. The number of anilines is 1. The third kappa shape index (κ3) is 2.23. The first kappa shape index (κ1) is 9.46. The van der Waals surface area contributed by atoms with Gasteiger partial charge in [-0.05, 0) is 18.9 Å². The standard InChI is InChI=1S/C10H9N3O2/c11-4-7-3-8(13-6-14)5-12-10(7)15-9-1-2-9/h3,5-6,9H,1-2H2,(H,13,14). The van der Waals surface area contributed by atoms with Crippen LogP contribution >= 0.6 is 0 Å². The van der Waals surface area contributed by atoms with Gasteiger partial charge >= 0.3 is 0 Å². The van der Waals surface area contributed by atoms with Crippen LogP contribution in [-0.4, -0.2) is 17.5 Å². The molecular weight excluding hydrogens is 194 g/mol. The summed E-state index contributed by atoms with van der Waals surface area (Å²) in [4.78, 5) is 14.2. The molecule has 0 radical (unpaired) electrons. The van der Waals surface area contributed by atoms with Crippen molar-refractivity contribution >= 4 is 12.1 Å². The Hall–Kier alpha value is -2.09. The molecule has 1 aromatic heterocycles. The molecule has 1 heterocycles. The highest BCUT2D eigenvalue weighted by molar-refractivity contribution is 5.71. The third-order valence-electron chi connectivity index (χ3n) is 2.00. The van der Waals surface area contributed by atoms with Crippen LogP contribution in [0.2, 0.25) is 0 Å². The predicted molar refractivity (Wildman–Crippen MR) is 52.3 cm³/mol. The maximum Gasteiger partial charge on any atom is 0.232 e. The number of rotatable bonds is 4. The number of aromatic nitrogens is 1. The number of carbonyl (C=O) groups excluding carboxylic acids is 1. The smallest absolute Gasteiger partial charge is 0.232 e. The summed E-state index contributed by atoms with van der Waals surface area (Å²) >= 11 is 0. The second-order valence-electron chi connectivity index (χ2n) is 3.27. The summed E-state index contributed by atoms with van der Waals surface area (Å²) in [7, 11) is 0. The lowest BCUT2D eigenvalue weighted by Gasteiger charge is -2.06. The molecule has 1 saturated carbocycles. The number of pyridine rings is 1. The number of nitriles is 1. The van der Waals surface area contributed by atoms with Crippen molar-refractivity contribution in [2.45, 2.75) is 18.9 Å². The van der Waals surface area contributed by atoms with Gasteiger partial charge in [0.05, 0.1) is 11.9 Å². The third-order valence-corrected chi connectivity index (χ3v) is 2.00. The number of nitrogens with one attached hydrogen (secondary N) is 1. The summed E-state index contributed by atoms with van der Waals surface area (Å²) in [5.41, 5.74) is 0.832. The van der Waals surface area contributed by atoms with Gasteiger partial charge in [0, 0.05) is 0 Å². The van der Waals surface area contributed by atoms with E-state index in [4.69, 9.17) is 10.00 Å². The zero-order valence-electron chi connectivity index (χ0n) is 7.93. The van der Waals surface area contributed by atoms with Crippen molar-refractivity contribution in [1.82, 2.24) is 4.98 Å². The van der Waals surface area contributed by atoms with Crippen molar-refractivity contribution in [3.63, 3.8) is 0 Å². The van der Waals surface area contributed by atoms with Gasteiger partial charge in [0.15, 0.2) is 0 Å². The molecule has 5 heteroatoms. The molecule has 76 valence electrons. The lowest BCUT2D eigenvalue weighted by molar-refractivity contribution is -0.105. The average molecular weight is 203 g/mol. The lowest BCUT2D eigenvalue weighted by Crippen LogP contribution is -2.02. The summed E-state index contributed by atoms with van der Waals surface area (Å²) in [6.07, 6.45) is 4.24. The Morgan fingerprint density at radius 1 is 1.67 bits per heavy atom. The molecule has 0 unspecified atom stereocenters. The fourth-order valence-corrected chi connectivity index (χ4v) is 1.12. The Bertz CT molecular complexity index is 421.